The number of aromatic nitrogens is 3. The summed E-state index contributed by atoms with van der Waals surface area (Å²) >= 11 is 0. The van der Waals surface area contributed by atoms with Gasteiger partial charge in [-0.25, -0.2) is 9.97 Å². The van der Waals surface area contributed by atoms with E-state index in [4.69, 9.17) is 10.5 Å². The number of hydrogen-bond acceptors (Lipinski definition) is 7. The molecular weight excluding hydrogens is 324 g/mol. The summed E-state index contributed by atoms with van der Waals surface area (Å²) in [4.78, 5) is 33.5. The summed E-state index contributed by atoms with van der Waals surface area (Å²) in [6.07, 6.45) is 2.42. The van der Waals surface area contributed by atoms with Gasteiger partial charge in [0.25, 0.3) is 11.5 Å². The highest BCUT2D eigenvalue weighted by atomic mass is 16.5. The molecular formula is C16H18N6O3. The summed E-state index contributed by atoms with van der Waals surface area (Å²) in [5.41, 5.74) is 6.10. The van der Waals surface area contributed by atoms with Gasteiger partial charge >= 0.3 is 0 Å². The highest BCUT2D eigenvalue weighted by Gasteiger charge is 2.45. The number of pyridine rings is 1. The molecule has 4 N–H and O–H groups in total. The zero-order chi connectivity index (χ0) is 17.6. The molecule has 0 aromatic carbocycles. The number of nitrogens with zero attached hydrogens (tertiary/aromatic N) is 3. The van der Waals surface area contributed by atoms with Gasteiger partial charge in [-0.15, -0.1) is 0 Å². The first-order valence-electron chi connectivity index (χ1n) is 8.02. The molecule has 9 heteroatoms. The first-order chi connectivity index (χ1) is 12.0. The Morgan fingerprint density at radius 2 is 2.04 bits per heavy atom. The van der Waals surface area contributed by atoms with Crippen LogP contribution in [0.4, 0.5) is 17.3 Å². The molecule has 2 aromatic rings. The molecule has 0 aliphatic carbocycles. The molecule has 25 heavy (non-hydrogen) atoms. The van der Waals surface area contributed by atoms with Crippen LogP contribution in [-0.4, -0.2) is 33.7 Å². The quantitative estimate of drug-likeness (QED) is 0.725. The van der Waals surface area contributed by atoms with Crippen molar-refractivity contribution in [3.8, 4) is 0 Å². The zero-order valence-corrected chi connectivity index (χ0v) is 13.7. The molecule has 2 aromatic heterocycles. The van der Waals surface area contributed by atoms with Crippen LogP contribution in [-0.2, 0) is 10.4 Å². The van der Waals surface area contributed by atoms with E-state index in [2.05, 4.69) is 20.6 Å². The zero-order valence-electron chi connectivity index (χ0n) is 13.7. The maximum Gasteiger partial charge on any atom is 0.276 e. The van der Waals surface area contributed by atoms with Crippen LogP contribution >= 0.6 is 0 Å². The van der Waals surface area contributed by atoms with Gasteiger partial charge in [0, 0.05) is 18.9 Å². The maximum absolute atomic E-state index is 13.1. The van der Waals surface area contributed by atoms with Crippen LogP contribution in [0.5, 0.6) is 0 Å². The molecule has 0 bridgehead atoms. The summed E-state index contributed by atoms with van der Waals surface area (Å²) in [6.45, 7) is 2.79. The number of nitrogen functional groups attached to an aromatic ring is 1. The molecule has 2 aliphatic rings. The molecule has 0 radical (unpaired) electrons. The Morgan fingerprint density at radius 1 is 1.28 bits per heavy atom. The van der Waals surface area contributed by atoms with Crippen molar-refractivity contribution in [2.45, 2.75) is 25.4 Å². The van der Waals surface area contributed by atoms with Gasteiger partial charge in [0.05, 0.1) is 13.2 Å². The van der Waals surface area contributed by atoms with E-state index in [0.29, 0.717) is 54.6 Å². The average Bonchev–Trinajstić information content (AvgIpc) is 2.85. The lowest BCUT2D eigenvalue weighted by molar-refractivity contribution is 0.0120. The fourth-order valence-electron chi connectivity index (χ4n) is 3.49. The van der Waals surface area contributed by atoms with Crippen LogP contribution in [0, 0.1) is 6.92 Å². The first kappa shape index (κ1) is 15.6. The van der Waals surface area contributed by atoms with Gasteiger partial charge in [-0.1, -0.05) is 0 Å². The molecule has 4 heterocycles. The topological polar surface area (TPSA) is 124 Å². The second-order valence-electron chi connectivity index (χ2n) is 6.28. The van der Waals surface area contributed by atoms with Crippen LogP contribution in [0.15, 0.2) is 23.3 Å². The Kier molecular flexibility index (Phi) is 3.46. The lowest BCUT2D eigenvalue weighted by Crippen LogP contribution is -2.51. The second kappa shape index (κ2) is 5.55. The number of aryl methyl sites for hydroxylation is 1. The fourth-order valence-corrected chi connectivity index (χ4v) is 3.49. The van der Waals surface area contributed by atoms with E-state index >= 15 is 0 Å². The van der Waals surface area contributed by atoms with Gasteiger partial charge in [0.2, 0.25) is 0 Å². The number of nitrogens with two attached hydrogens (primary N) is 1. The standard InChI is InChI=1S/C16H18N6O3/c1-9-6-10(20-12-7-11(17)18-8-19-12)15(24)22-13(9)14(23)21-16(22)2-4-25-5-3-16/h6-8H,2-5H2,1H3,(H,21,23)(H3,17,18,19,20). The molecule has 0 atom stereocenters. The average molecular weight is 342 g/mol. The van der Waals surface area contributed by atoms with Crippen molar-refractivity contribution >= 4 is 23.2 Å². The minimum absolute atomic E-state index is 0.227. The van der Waals surface area contributed by atoms with E-state index in [1.165, 1.54) is 6.33 Å². The number of fused-ring (bicyclic) bond motifs is 2. The number of nitrogens with one attached hydrogen (secondary N) is 2. The van der Waals surface area contributed by atoms with Crippen molar-refractivity contribution in [2.75, 3.05) is 24.3 Å². The van der Waals surface area contributed by atoms with Crippen molar-refractivity contribution in [2.24, 2.45) is 0 Å². The molecule has 4 rings (SSSR count). The van der Waals surface area contributed by atoms with Crippen LogP contribution in [0.3, 0.4) is 0 Å². The van der Waals surface area contributed by atoms with Crippen molar-refractivity contribution in [1.29, 1.82) is 0 Å². The monoisotopic (exact) mass is 342 g/mol. The van der Waals surface area contributed by atoms with Crippen LogP contribution < -0.4 is 21.9 Å². The number of carbonyl (C=O) groups is 1. The molecule has 1 amide bonds. The van der Waals surface area contributed by atoms with E-state index in [1.54, 1.807) is 16.7 Å². The van der Waals surface area contributed by atoms with Crippen molar-refractivity contribution < 1.29 is 9.53 Å². The third kappa shape index (κ3) is 2.43. The number of anilines is 3. The Morgan fingerprint density at radius 3 is 2.76 bits per heavy atom. The lowest BCUT2D eigenvalue weighted by atomic mass is 10.0. The van der Waals surface area contributed by atoms with Gasteiger partial charge in [-0.05, 0) is 18.6 Å². The normalized spacial score (nSPS) is 18.0. The molecule has 0 saturated carbocycles. The van der Waals surface area contributed by atoms with Gasteiger partial charge in [0.1, 0.15) is 35.0 Å². The Balaban J connectivity index is 1.84. The molecule has 9 nitrogen and oxygen atoms in total. The number of rotatable bonds is 2. The Hall–Kier alpha value is -2.94. The molecule has 1 spiro atoms. The summed E-state index contributed by atoms with van der Waals surface area (Å²) in [5.74, 6) is 0.491. The Labute approximate surface area is 143 Å². The molecule has 1 saturated heterocycles. The van der Waals surface area contributed by atoms with E-state index in [0.717, 1.165) is 0 Å². The van der Waals surface area contributed by atoms with Crippen LogP contribution in [0.1, 0.15) is 28.9 Å². The van der Waals surface area contributed by atoms with E-state index in [-0.39, 0.29) is 11.5 Å². The third-order valence-electron chi connectivity index (χ3n) is 4.65. The van der Waals surface area contributed by atoms with Gasteiger partial charge in [0.15, 0.2) is 0 Å². The van der Waals surface area contributed by atoms with Crippen molar-refractivity contribution in [3.05, 3.63) is 40.1 Å². The number of carbonyl (C=O) groups excluding carboxylic acids is 1. The molecule has 0 unspecified atom stereocenters. The van der Waals surface area contributed by atoms with E-state index in [1.807, 2.05) is 6.92 Å². The van der Waals surface area contributed by atoms with E-state index < -0.39 is 5.66 Å². The highest BCUT2D eigenvalue weighted by Crippen LogP contribution is 2.33. The van der Waals surface area contributed by atoms with Gasteiger partial charge in [-0.2, -0.15) is 0 Å². The second-order valence-corrected chi connectivity index (χ2v) is 6.28. The summed E-state index contributed by atoms with van der Waals surface area (Å²) < 4.78 is 6.97. The third-order valence-corrected chi connectivity index (χ3v) is 4.65. The maximum atomic E-state index is 13.1. The smallest absolute Gasteiger partial charge is 0.276 e. The summed E-state index contributed by atoms with van der Waals surface area (Å²) in [7, 11) is 0. The predicted octanol–water partition coefficient (Wildman–Crippen LogP) is 0.479. The number of hydrogen-bond donors (Lipinski definition) is 3. The van der Waals surface area contributed by atoms with Crippen molar-refractivity contribution in [1.82, 2.24) is 19.9 Å². The van der Waals surface area contributed by atoms with Crippen molar-refractivity contribution in [3.63, 3.8) is 0 Å². The lowest BCUT2D eigenvalue weighted by Gasteiger charge is -2.35. The molecule has 1 fully saturated rings. The predicted molar refractivity (Wildman–Crippen MR) is 90.7 cm³/mol. The Bertz CT molecular complexity index is 917. The minimum atomic E-state index is -0.727. The van der Waals surface area contributed by atoms with Gasteiger partial charge in [-0.3, -0.25) is 14.2 Å². The highest BCUT2D eigenvalue weighted by molar-refractivity contribution is 5.97. The summed E-state index contributed by atoms with van der Waals surface area (Å²) in [5, 5.41) is 5.97. The molecule has 130 valence electrons. The fraction of sp³-hybridized carbons (Fsp3) is 0.375. The van der Waals surface area contributed by atoms with Crippen LogP contribution in [0.25, 0.3) is 0 Å². The SMILES string of the molecule is Cc1cc(Nc2cc(N)ncn2)c(=O)n2c1C(=O)NC21CCOCC1. The largest absolute Gasteiger partial charge is 0.384 e. The summed E-state index contributed by atoms with van der Waals surface area (Å²) in [6, 6.07) is 3.20. The number of amides is 1. The first-order valence-corrected chi connectivity index (χ1v) is 8.02. The van der Waals surface area contributed by atoms with E-state index in [9.17, 15) is 9.59 Å². The van der Waals surface area contributed by atoms with Crippen LogP contribution in [0.2, 0.25) is 0 Å². The van der Waals surface area contributed by atoms with Gasteiger partial charge < -0.3 is 21.1 Å². The minimum Gasteiger partial charge on any atom is -0.384 e. The molecule has 2 aliphatic heterocycles. The number of ether oxygens (including phenoxy) is 1.